The van der Waals surface area contributed by atoms with Crippen molar-refractivity contribution in [2.24, 2.45) is 0 Å². The second-order valence-corrected chi connectivity index (χ2v) is 11.3. The van der Waals surface area contributed by atoms with Gasteiger partial charge in [-0.1, -0.05) is 6.92 Å². The zero-order chi connectivity index (χ0) is 22.0. The summed E-state index contributed by atoms with van der Waals surface area (Å²) in [4.78, 5) is 0.864. The molecule has 0 aliphatic rings. The molecule has 30 heavy (non-hydrogen) atoms. The van der Waals surface area contributed by atoms with Crippen molar-refractivity contribution >= 4 is 37.1 Å². The first-order valence-electron chi connectivity index (χ1n) is 9.62. The van der Waals surface area contributed by atoms with Crippen LogP contribution in [0.5, 0.6) is 0 Å². The number of pyridine rings is 1. The van der Waals surface area contributed by atoms with Crippen LogP contribution in [0, 0.1) is 27.7 Å². The van der Waals surface area contributed by atoms with E-state index in [-0.39, 0.29) is 4.90 Å². The third-order valence-corrected chi connectivity index (χ3v) is 8.24. The Bertz CT molecular complexity index is 1460. The molecule has 0 fully saturated rings. The minimum absolute atomic E-state index is 0.213. The van der Waals surface area contributed by atoms with Crippen molar-refractivity contribution in [3.63, 3.8) is 0 Å². The van der Waals surface area contributed by atoms with Crippen LogP contribution in [0.4, 0.5) is 0 Å². The number of sulfone groups is 1. The van der Waals surface area contributed by atoms with Gasteiger partial charge < -0.3 is 0 Å². The van der Waals surface area contributed by atoms with Gasteiger partial charge in [0.15, 0.2) is 15.7 Å². The van der Waals surface area contributed by atoms with Crippen LogP contribution in [0.1, 0.15) is 29.3 Å². The van der Waals surface area contributed by atoms with Gasteiger partial charge in [-0.15, -0.1) is 5.10 Å². The van der Waals surface area contributed by atoms with Crippen molar-refractivity contribution in [2.45, 2.75) is 44.4 Å². The molecule has 0 bridgehead atoms. The average Bonchev–Trinajstić information content (AvgIpc) is 3.30. The summed E-state index contributed by atoms with van der Waals surface area (Å²) in [6.07, 6.45) is 2.97. The van der Waals surface area contributed by atoms with Crippen molar-refractivity contribution in [3.05, 3.63) is 46.8 Å². The number of aryl methyl sites for hydroxylation is 2. The lowest BCUT2D eigenvalue weighted by Crippen LogP contribution is -2.04. The minimum Gasteiger partial charge on any atom is -0.254 e. The molecule has 3 aromatic heterocycles. The summed E-state index contributed by atoms with van der Waals surface area (Å²) in [7, 11) is -4.59. The monoisotopic (exact) mass is 444 g/mol. The van der Waals surface area contributed by atoms with Crippen LogP contribution >= 0.6 is 0 Å². The van der Waals surface area contributed by atoms with Gasteiger partial charge in [-0.25, -0.2) is 17.6 Å². The summed E-state index contributed by atoms with van der Waals surface area (Å²) in [5, 5.41) is 10.1. The van der Waals surface area contributed by atoms with E-state index in [2.05, 4.69) is 18.9 Å². The van der Waals surface area contributed by atoms with E-state index in [9.17, 15) is 12.6 Å². The zero-order valence-electron chi connectivity index (χ0n) is 17.8. The highest BCUT2D eigenvalue weighted by Crippen LogP contribution is 2.31. The topological polar surface area (TPSA) is 86.3 Å². The van der Waals surface area contributed by atoms with Gasteiger partial charge in [-0.3, -0.25) is 4.21 Å². The van der Waals surface area contributed by atoms with Gasteiger partial charge >= 0.3 is 0 Å². The van der Waals surface area contributed by atoms with Crippen LogP contribution in [-0.2, 0) is 20.6 Å². The summed E-state index contributed by atoms with van der Waals surface area (Å²) >= 11 is 0. The molecule has 0 aliphatic heterocycles. The van der Waals surface area contributed by atoms with Crippen LogP contribution in [-0.4, -0.2) is 44.0 Å². The Morgan fingerprint density at radius 1 is 1.03 bits per heavy atom. The molecule has 4 aromatic rings. The standard InChI is InChI=1S/C21H24N4O3S2/c1-7-29(26)20-19-14(4)12(2)13(3)15(5)25(19)23-21(20)24-11-16-8-9-17(30(6,27)28)10-18(16)22-24/h8-11H,7H2,1-6H3. The molecule has 158 valence electrons. The van der Waals surface area contributed by atoms with Crippen molar-refractivity contribution in [3.8, 4) is 5.82 Å². The molecular weight excluding hydrogens is 420 g/mol. The molecule has 0 amide bonds. The predicted molar refractivity (Wildman–Crippen MR) is 119 cm³/mol. The fourth-order valence-electron chi connectivity index (χ4n) is 3.69. The average molecular weight is 445 g/mol. The first-order chi connectivity index (χ1) is 14.0. The van der Waals surface area contributed by atoms with E-state index in [1.807, 2.05) is 25.3 Å². The fourth-order valence-corrected chi connectivity index (χ4v) is 5.41. The molecule has 7 nitrogen and oxygen atoms in total. The Kier molecular flexibility index (Phi) is 4.85. The molecule has 0 spiro atoms. The maximum absolute atomic E-state index is 13.1. The normalized spacial score (nSPS) is 13.4. The number of nitrogens with zero attached hydrogens (tertiary/aromatic N) is 4. The lowest BCUT2D eigenvalue weighted by Gasteiger charge is -2.12. The lowest BCUT2D eigenvalue weighted by molar-refractivity contribution is 0.602. The highest BCUT2D eigenvalue weighted by atomic mass is 32.2. The van der Waals surface area contributed by atoms with E-state index in [0.29, 0.717) is 22.0 Å². The van der Waals surface area contributed by atoms with Crippen LogP contribution < -0.4 is 0 Å². The summed E-state index contributed by atoms with van der Waals surface area (Å²) < 4.78 is 40.3. The lowest BCUT2D eigenvalue weighted by atomic mass is 10.0. The maximum atomic E-state index is 13.1. The second kappa shape index (κ2) is 7.02. The summed E-state index contributed by atoms with van der Waals surface area (Å²) in [5.74, 6) is 0.960. The highest BCUT2D eigenvalue weighted by molar-refractivity contribution is 7.90. The molecule has 1 atom stereocenters. The van der Waals surface area contributed by atoms with E-state index in [1.54, 1.807) is 29.1 Å². The molecule has 0 radical (unpaired) electrons. The molecule has 4 rings (SSSR count). The van der Waals surface area contributed by atoms with Crippen molar-refractivity contribution in [1.29, 1.82) is 0 Å². The molecular formula is C21H24N4O3S2. The second-order valence-electron chi connectivity index (χ2n) is 7.57. The molecule has 0 saturated carbocycles. The number of hydrogen-bond acceptors (Lipinski definition) is 5. The summed E-state index contributed by atoms with van der Waals surface area (Å²) in [5.41, 5.74) is 5.73. The number of hydrogen-bond donors (Lipinski definition) is 0. The quantitative estimate of drug-likeness (QED) is 0.481. The third-order valence-electron chi connectivity index (χ3n) is 5.78. The number of fused-ring (bicyclic) bond motifs is 2. The summed E-state index contributed by atoms with van der Waals surface area (Å²) in [6, 6.07) is 4.85. The van der Waals surface area contributed by atoms with E-state index < -0.39 is 20.6 Å². The first kappa shape index (κ1) is 20.7. The minimum atomic E-state index is -3.33. The molecule has 0 N–H and O–H groups in total. The Morgan fingerprint density at radius 3 is 2.37 bits per heavy atom. The van der Waals surface area contributed by atoms with Crippen LogP contribution in [0.15, 0.2) is 34.2 Å². The molecule has 1 unspecified atom stereocenters. The van der Waals surface area contributed by atoms with Gasteiger partial charge in [0.05, 0.1) is 26.7 Å². The number of benzene rings is 1. The van der Waals surface area contributed by atoms with Crippen LogP contribution in [0.3, 0.4) is 0 Å². The van der Waals surface area contributed by atoms with Gasteiger partial charge in [0.1, 0.15) is 4.90 Å². The Labute approximate surface area is 178 Å². The van der Waals surface area contributed by atoms with Crippen molar-refractivity contribution < 1.29 is 12.6 Å². The van der Waals surface area contributed by atoms with Gasteiger partial charge in [0.25, 0.3) is 0 Å². The fraction of sp³-hybridized carbons (Fsp3) is 0.333. The molecule has 0 aliphatic carbocycles. The van der Waals surface area contributed by atoms with Crippen molar-refractivity contribution in [1.82, 2.24) is 19.4 Å². The SMILES string of the molecule is CCS(=O)c1c(-n2cc3ccc(S(C)(=O)=O)cc3n2)nn2c(C)c(C)c(C)c(C)c12. The Balaban J connectivity index is 2.07. The van der Waals surface area contributed by atoms with E-state index in [0.717, 1.165) is 33.3 Å². The molecule has 0 saturated heterocycles. The van der Waals surface area contributed by atoms with E-state index in [4.69, 9.17) is 5.10 Å². The highest BCUT2D eigenvalue weighted by Gasteiger charge is 2.24. The van der Waals surface area contributed by atoms with Crippen molar-refractivity contribution in [2.75, 3.05) is 12.0 Å². The largest absolute Gasteiger partial charge is 0.254 e. The van der Waals surface area contributed by atoms with Crippen LogP contribution in [0.25, 0.3) is 22.2 Å². The zero-order valence-corrected chi connectivity index (χ0v) is 19.5. The van der Waals surface area contributed by atoms with E-state index >= 15 is 0 Å². The Hall–Kier alpha value is -2.52. The number of rotatable bonds is 4. The van der Waals surface area contributed by atoms with Crippen LogP contribution in [0.2, 0.25) is 0 Å². The first-order valence-corrected chi connectivity index (χ1v) is 12.8. The number of aromatic nitrogens is 4. The van der Waals surface area contributed by atoms with Gasteiger partial charge in [0.2, 0.25) is 0 Å². The molecule has 9 heteroatoms. The third kappa shape index (κ3) is 3.07. The van der Waals surface area contributed by atoms with E-state index in [1.165, 1.54) is 6.26 Å². The maximum Gasteiger partial charge on any atom is 0.192 e. The Morgan fingerprint density at radius 2 is 1.73 bits per heavy atom. The molecule has 1 aromatic carbocycles. The van der Waals surface area contributed by atoms with Gasteiger partial charge in [-0.05, 0) is 62.6 Å². The molecule has 3 heterocycles. The predicted octanol–water partition coefficient (Wildman–Crippen LogP) is 3.44. The summed E-state index contributed by atoms with van der Waals surface area (Å²) in [6.45, 7) is 10.0. The smallest absolute Gasteiger partial charge is 0.192 e. The van der Waals surface area contributed by atoms with Gasteiger partial charge in [-0.2, -0.15) is 5.10 Å². The van der Waals surface area contributed by atoms with Gasteiger partial charge in [0, 0.05) is 29.3 Å².